The van der Waals surface area contributed by atoms with Crippen LogP contribution in [0.2, 0.25) is 0 Å². The van der Waals surface area contributed by atoms with Crippen molar-refractivity contribution >= 4 is 5.69 Å². The monoisotopic (exact) mass is 299 g/mol. The molecule has 0 aliphatic carbocycles. The maximum absolute atomic E-state index is 5.66. The van der Waals surface area contributed by atoms with Gasteiger partial charge < -0.3 is 19.5 Å². The number of fused-ring (bicyclic) bond motifs is 1. The van der Waals surface area contributed by atoms with Gasteiger partial charge in [-0.2, -0.15) is 0 Å². The van der Waals surface area contributed by atoms with Crippen LogP contribution in [0.15, 0.2) is 42.5 Å². The van der Waals surface area contributed by atoms with Crippen molar-refractivity contribution in [1.29, 1.82) is 0 Å². The van der Waals surface area contributed by atoms with Crippen molar-refractivity contribution in [2.24, 2.45) is 0 Å². The molecule has 4 nitrogen and oxygen atoms in total. The fraction of sp³-hybridized carbons (Fsp3) is 0.333. The summed E-state index contributed by atoms with van der Waals surface area (Å²) in [5.74, 6) is 2.50. The molecule has 0 amide bonds. The van der Waals surface area contributed by atoms with Gasteiger partial charge in [0.15, 0.2) is 11.5 Å². The quantitative estimate of drug-likeness (QED) is 0.905. The van der Waals surface area contributed by atoms with Gasteiger partial charge in [-0.1, -0.05) is 18.2 Å². The molecule has 0 radical (unpaired) electrons. The van der Waals surface area contributed by atoms with Crippen LogP contribution in [-0.2, 0) is 0 Å². The van der Waals surface area contributed by atoms with E-state index in [2.05, 4.69) is 18.3 Å². The third-order valence-corrected chi connectivity index (χ3v) is 3.63. The fourth-order valence-corrected chi connectivity index (χ4v) is 2.51. The zero-order chi connectivity index (χ0) is 15.4. The van der Waals surface area contributed by atoms with Gasteiger partial charge in [0.25, 0.3) is 0 Å². The lowest BCUT2D eigenvalue weighted by molar-refractivity contribution is 0.171. The molecule has 1 aliphatic heterocycles. The number of anilines is 1. The van der Waals surface area contributed by atoms with Gasteiger partial charge in [0, 0.05) is 6.04 Å². The standard InChI is InChI=1S/C18H21NO3/c1-3-20-16-7-5-4-6-15(16)19-13(2)14-8-9-17-18(12-14)22-11-10-21-17/h4-9,12-13,19H,3,10-11H2,1-2H3. The van der Waals surface area contributed by atoms with Gasteiger partial charge in [0.05, 0.1) is 12.3 Å². The van der Waals surface area contributed by atoms with Crippen molar-refractivity contribution < 1.29 is 14.2 Å². The van der Waals surface area contributed by atoms with Crippen molar-refractivity contribution in [2.75, 3.05) is 25.1 Å². The van der Waals surface area contributed by atoms with Gasteiger partial charge in [-0.3, -0.25) is 0 Å². The second-order valence-electron chi connectivity index (χ2n) is 5.20. The molecule has 0 saturated heterocycles. The Labute approximate surface area is 131 Å². The van der Waals surface area contributed by atoms with Gasteiger partial charge >= 0.3 is 0 Å². The van der Waals surface area contributed by atoms with E-state index in [4.69, 9.17) is 14.2 Å². The van der Waals surface area contributed by atoms with Crippen molar-refractivity contribution in [3.63, 3.8) is 0 Å². The van der Waals surface area contributed by atoms with Crippen LogP contribution in [0, 0.1) is 0 Å². The van der Waals surface area contributed by atoms with E-state index in [1.54, 1.807) is 0 Å². The normalized spacial score (nSPS) is 14.3. The van der Waals surface area contributed by atoms with Gasteiger partial charge in [-0.05, 0) is 43.7 Å². The number of nitrogens with one attached hydrogen (secondary N) is 1. The highest BCUT2D eigenvalue weighted by molar-refractivity contribution is 5.58. The van der Waals surface area contributed by atoms with Gasteiger partial charge in [0.1, 0.15) is 19.0 Å². The first-order chi connectivity index (χ1) is 10.8. The predicted octanol–water partition coefficient (Wildman–Crippen LogP) is 4.03. The van der Waals surface area contributed by atoms with Crippen molar-refractivity contribution in [3.05, 3.63) is 48.0 Å². The zero-order valence-electron chi connectivity index (χ0n) is 13.0. The third kappa shape index (κ3) is 3.11. The lowest BCUT2D eigenvalue weighted by Gasteiger charge is -2.22. The second-order valence-corrected chi connectivity index (χ2v) is 5.20. The number of hydrogen-bond acceptors (Lipinski definition) is 4. The Hall–Kier alpha value is -2.36. The number of ether oxygens (including phenoxy) is 3. The van der Waals surface area contributed by atoms with Crippen molar-refractivity contribution in [3.8, 4) is 17.2 Å². The summed E-state index contributed by atoms with van der Waals surface area (Å²) in [7, 11) is 0. The zero-order valence-corrected chi connectivity index (χ0v) is 13.0. The van der Waals surface area contributed by atoms with Crippen LogP contribution in [-0.4, -0.2) is 19.8 Å². The molecule has 0 spiro atoms. The topological polar surface area (TPSA) is 39.7 Å². The van der Waals surface area contributed by atoms with Crippen LogP contribution < -0.4 is 19.5 Å². The van der Waals surface area contributed by atoms with E-state index < -0.39 is 0 Å². The molecule has 0 fully saturated rings. The van der Waals surface area contributed by atoms with Gasteiger partial charge in [-0.25, -0.2) is 0 Å². The van der Waals surface area contributed by atoms with Crippen molar-refractivity contribution in [1.82, 2.24) is 0 Å². The minimum absolute atomic E-state index is 0.137. The molecular weight excluding hydrogens is 278 g/mol. The largest absolute Gasteiger partial charge is 0.492 e. The average molecular weight is 299 g/mol. The molecule has 2 aromatic rings. The SMILES string of the molecule is CCOc1ccccc1NC(C)c1ccc2c(c1)OCCO2. The lowest BCUT2D eigenvalue weighted by atomic mass is 10.1. The Bertz CT molecular complexity index is 642. The number of para-hydroxylation sites is 2. The first-order valence-corrected chi connectivity index (χ1v) is 7.66. The molecule has 0 saturated carbocycles. The molecule has 1 heterocycles. The van der Waals surface area contributed by atoms with Crippen LogP contribution in [0.25, 0.3) is 0 Å². The van der Waals surface area contributed by atoms with E-state index in [9.17, 15) is 0 Å². The van der Waals surface area contributed by atoms with E-state index in [0.717, 1.165) is 28.5 Å². The minimum Gasteiger partial charge on any atom is -0.492 e. The molecule has 4 heteroatoms. The molecule has 2 aromatic carbocycles. The summed E-state index contributed by atoms with van der Waals surface area (Å²) >= 11 is 0. The molecular formula is C18H21NO3. The summed E-state index contributed by atoms with van der Waals surface area (Å²) in [5, 5.41) is 3.50. The molecule has 3 rings (SSSR count). The van der Waals surface area contributed by atoms with Crippen LogP contribution in [0.1, 0.15) is 25.5 Å². The maximum Gasteiger partial charge on any atom is 0.161 e. The first kappa shape index (κ1) is 14.6. The number of benzene rings is 2. The highest BCUT2D eigenvalue weighted by Crippen LogP contribution is 2.34. The highest BCUT2D eigenvalue weighted by atomic mass is 16.6. The Morgan fingerprint density at radius 1 is 1.09 bits per heavy atom. The van der Waals surface area contributed by atoms with E-state index >= 15 is 0 Å². The average Bonchev–Trinajstić information content (AvgIpc) is 2.56. The predicted molar refractivity (Wildman–Crippen MR) is 87.1 cm³/mol. The molecule has 1 aliphatic rings. The summed E-state index contributed by atoms with van der Waals surface area (Å²) in [6.45, 7) is 5.97. The summed E-state index contributed by atoms with van der Waals surface area (Å²) in [4.78, 5) is 0. The third-order valence-electron chi connectivity index (χ3n) is 3.63. The fourth-order valence-electron chi connectivity index (χ4n) is 2.51. The van der Waals surface area contributed by atoms with Gasteiger partial charge in [-0.15, -0.1) is 0 Å². The van der Waals surface area contributed by atoms with Crippen LogP contribution in [0.4, 0.5) is 5.69 Å². The minimum atomic E-state index is 0.137. The van der Waals surface area contributed by atoms with E-state index in [1.165, 1.54) is 0 Å². The summed E-state index contributed by atoms with van der Waals surface area (Å²) < 4.78 is 16.9. The second kappa shape index (κ2) is 6.60. The maximum atomic E-state index is 5.66. The summed E-state index contributed by atoms with van der Waals surface area (Å²) in [6.07, 6.45) is 0. The summed E-state index contributed by atoms with van der Waals surface area (Å²) in [6, 6.07) is 14.2. The Morgan fingerprint density at radius 3 is 2.68 bits per heavy atom. The smallest absolute Gasteiger partial charge is 0.161 e. The summed E-state index contributed by atoms with van der Waals surface area (Å²) in [5.41, 5.74) is 2.14. The molecule has 116 valence electrons. The highest BCUT2D eigenvalue weighted by Gasteiger charge is 2.15. The van der Waals surface area contributed by atoms with E-state index in [-0.39, 0.29) is 6.04 Å². The van der Waals surface area contributed by atoms with E-state index in [0.29, 0.717) is 19.8 Å². The van der Waals surface area contributed by atoms with Crippen molar-refractivity contribution in [2.45, 2.75) is 19.9 Å². The molecule has 22 heavy (non-hydrogen) atoms. The lowest BCUT2D eigenvalue weighted by Crippen LogP contribution is -2.16. The Kier molecular flexibility index (Phi) is 4.37. The molecule has 1 atom stereocenters. The first-order valence-electron chi connectivity index (χ1n) is 7.66. The number of rotatable bonds is 5. The Morgan fingerprint density at radius 2 is 1.86 bits per heavy atom. The molecule has 1 N–H and O–H groups in total. The van der Waals surface area contributed by atoms with Crippen LogP contribution in [0.3, 0.4) is 0 Å². The van der Waals surface area contributed by atoms with Crippen LogP contribution >= 0.6 is 0 Å². The Balaban J connectivity index is 1.78. The molecule has 0 bridgehead atoms. The van der Waals surface area contributed by atoms with Crippen LogP contribution in [0.5, 0.6) is 17.2 Å². The van der Waals surface area contributed by atoms with Gasteiger partial charge in [0.2, 0.25) is 0 Å². The molecule has 0 aromatic heterocycles. The number of hydrogen-bond donors (Lipinski definition) is 1. The van der Waals surface area contributed by atoms with E-state index in [1.807, 2.05) is 43.3 Å². The molecule has 1 unspecified atom stereocenters.